The van der Waals surface area contributed by atoms with Gasteiger partial charge in [-0.05, 0) is 50.0 Å². The van der Waals surface area contributed by atoms with Crippen molar-refractivity contribution in [1.82, 2.24) is 20.5 Å². The van der Waals surface area contributed by atoms with E-state index < -0.39 is 0 Å². The molecule has 1 aromatic heterocycles. The van der Waals surface area contributed by atoms with Gasteiger partial charge in [0.05, 0.1) is 23.9 Å². The normalized spacial score (nSPS) is 16.0. The average molecular weight is 416 g/mol. The maximum Gasteiger partial charge on any atom is 0.191 e. The van der Waals surface area contributed by atoms with E-state index in [0.29, 0.717) is 6.04 Å². The fraction of sp³-hybridized carbons (Fsp3) is 0.545. The molecule has 7 heteroatoms. The Labute approximate surface area is 178 Å². The zero-order chi connectivity index (χ0) is 20.5. The lowest BCUT2D eigenvalue weighted by molar-refractivity contribution is 0.245. The maximum absolute atomic E-state index is 5.32. The van der Waals surface area contributed by atoms with Gasteiger partial charge in [-0.1, -0.05) is 19.1 Å². The molecule has 1 unspecified atom stereocenters. The number of nitrogens with zero attached hydrogens (tertiary/aromatic N) is 3. The van der Waals surface area contributed by atoms with Crippen LogP contribution in [0.3, 0.4) is 0 Å². The third kappa shape index (κ3) is 6.18. The lowest BCUT2D eigenvalue weighted by Crippen LogP contribution is -2.43. The summed E-state index contributed by atoms with van der Waals surface area (Å²) in [5.74, 6) is 1.74. The summed E-state index contributed by atoms with van der Waals surface area (Å²) in [6.45, 7) is 6.08. The van der Waals surface area contributed by atoms with Gasteiger partial charge < -0.3 is 15.4 Å². The van der Waals surface area contributed by atoms with Crippen LogP contribution in [-0.4, -0.2) is 56.2 Å². The van der Waals surface area contributed by atoms with Gasteiger partial charge in [0.2, 0.25) is 0 Å². The van der Waals surface area contributed by atoms with Crippen LogP contribution in [0.15, 0.2) is 34.6 Å². The van der Waals surface area contributed by atoms with E-state index in [2.05, 4.69) is 49.9 Å². The van der Waals surface area contributed by atoms with Crippen LogP contribution in [-0.2, 0) is 12.8 Å². The molecule has 3 rings (SSSR count). The van der Waals surface area contributed by atoms with Gasteiger partial charge in [0.25, 0.3) is 0 Å². The van der Waals surface area contributed by atoms with Crippen LogP contribution in [0.25, 0.3) is 0 Å². The number of methoxy groups -OCH3 is 1. The number of rotatable bonds is 9. The van der Waals surface area contributed by atoms with Gasteiger partial charge in [0.1, 0.15) is 5.75 Å². The van der Waals surface area contributed by atoms with Crippen LogP contribution in [0.5, 0.6) is 5.75 Å². The lowest BCUT2D eigenvalue weighted by atomic mass is 10.1. The predicted molar refractivity (Wildman–Crippen MR) is 121 cm³/mol. The van der Waals surface area contributed by atoms with Gasteiger partial charge in [-0.15, -0.1) is 11.3 Å². The molecule has 0 saturated carbocycles. The largest absolute Gasteiger partial charge is 0.497 e. The fourth-order valence-electron chi connectivity index (χ4n) is 3.69. The summed E-state index contributed by atoms with van der Waals surface area (Å²) in [7, 11) is 3.53. The first-order valence-corrected chi connectivity index (χ1v) is 11.4. The van der Waals surface area contributed by atoms with E-state index in [1.165, 1.54) is 23.4 Å². The summed E-state index contributed by atoms with van der Waals surface area (Å²) in [5, 5.41) is 10.3. The molecule has 158 valence electrons. The number of thiazole rings is 1. The Morgan fingerprint density at radius 2 is 2.00 bits per heavy atom. The molecule has 1 aliphatic heterocycles. The third-order valence-electron chi connectivity index (χ3n) is 5.34. The van der Waals surface area contributed by atoms with E-state index in [1.54, 1.807) is 18.4 Å². The van der Waals surface area contributed by atoms with E-state index in [-0.39, 0.29) is 0 Å². The standard InChI is InChI=1S/C22H33N5OS/c1-4-21-26-18(16-29-21)11-12-24-22(23-2)25-15-20(27-13-5-6-14-27)17-7-9-19(28-3)10-8-17/h7-10,16,20H,4-6,11-15H2,1-3H3,(H2,23,24,25). The Bertz CT molecular complexity index is 768. The third-order valence-corrected chi connectivity index (χ3v) is 6.39. The number of benzene rings is 1. The summed E-state index contributed by atoms with van der Waals surface area (Å²) in [6, 6.07) is 8.77. The summed E-state index contributed by atoms with van der Waals surface area (Å²) < 4.78 is 5.32. The molecule has 1 saturated heterocycles. The SMILES string of the molecule is CCc1nc(CCNC(=NC)NCC(c2ccc(OC)cc2)N2CCCC2)cs1. The van der Waals surface area contributed by atoms with Gasteiger partial charge in [-0.2, -0.15) is 0 Å². The smallest absolute Gasteiger partial charge is 0.191 e. The Hall–Kier alpha value is -2.12. The number of hydrogen-bond donors (Lipinski definition) is 2. The number of guanidine groups is 1. The molecule has 1 aromatic carbocycles. The first kappa shape index (κ1) is 21.6. The second-order valence-corrected chi connectivity index (χ2v) is 8.19. The van der Waals surface area contributed by atoms with Crippen LogP contribution in [0.4, 0.5) is 0 Å². The first-order valence-electron chi connectivity index (χ1n) is 10.5. The Balaban J connectivity index is 1.54. The number of nitrogens with one attached hydrogen (secondary N) is 2. The second kappa shape index (κ2) is 11.2. The number of aliphatic imine (C=N–C) groups is 1. The van der Waals surface area contributed by atoms with Crippen LogP contribution >= 0.6 is 11.3 Å². The van der Waals surface area contributed by atoms with Crippen molar-refractivity contribution in [3.63, 3.8) is 0 Å². The second-order valence-electron chi connectivity index (χ2n) is 7.25. The van der Waals surface area contributed by atoms with Crippen LogP contribution in [0.1, 0.15) is 42.1 Å². The first-order chi connectivity index (χ1) is 14.2. The summed E-state index contributed by atoms with van der Waals surface area (Å²) in [5.41, 5.74) is 2.47. The molecule has 6 nitrogen and oxygen atoms in total. The molecule has 0 radical (unpaired) electrons. The zero-order valence-electron chi connectivity index (χ0n) is 17.8. The molecular weight excluding hydrogens is 382 g/mol. The minimum atomic E-state index is 0.326. The number of aryl methyl sites for hydroxylation is 1. The monoisotopic (exact) mass is 415 g/mol. The van der Waals surface area contributed by atoms with Crippen molar-refractivity contribution in [2.24, 2.45) is 4.99 Å². The molecule has 0 aliphatic carbocycles. The van der Waals surface area contributed by atoms with Gasteiger partial charge in [0, 0.05) is 31.9 Å². The highest BCUT2D eigenvalue weighted by Crippen LogP contribution is 2.26. The van der Waals surface area contributed by atoms with E-state index in [4.69, 9.17) is 4.74 Å². The Morgan fingerprint density at radius 3 is 2.62 bits per heavy atom. The van der Waals surface area contributed by atoms with E-state index in [0.717, 1.165) is 56.4 Å². The van der Waals surface area contributed by atoms with Gasteiger partial charge in [-0.3, -0.25) is 9.89 Å². The molecule has 0 bridgehead atoms. The van der Waals surface area contributed by atoms with E-state index >= 15 is 0 Å². The fourth-order valence-corrected chi connectivity index (χ4v) is 4.47. The topological polar surface area (TPSA) is 61.8 Å². The van der Waals surface area contributed by atoms with Crippen molar-refractivity contribution in [2.45, 2.75) is 38.6 Å². The molecule has 2 aromatic rings. The van der Waals surface area contributed by atoms with Gasteiger partial charge in [-0.25, -0.2) is 4.98 Å². The van der Waals surface area contributed by atoms with Crippen LogP contribution in [0, 0.1) is 0 Å². The van der Waals surface area contributed by atoms with Crippen molar-refractivity contribution in [2.75, 3.05) is 40.3 Å². The highest BCUT2D eigenvalue weighted by atomic mass is 32.1. The van der Waals surface area contributed by atoms with Crippen LogP contribution < -0.4 is 15.4 Å². The van der Waals surface area contributed by atoms with Gasteiger partial charge in [0.15, 0.2) is 5.96 Å². The summed E-state index contributed by atoms with van der Waals surface area (Å²) in [4.78, 5) is 11.6. The number of hydrogen-bond acceptors (Lipinski definition) is 5. The van der Waals surface area contributed by atoms with Crippen molar-refractivity contribution in [3.05, 3.63) is 45.9 Å². The summed E-state index contributed by atoms with van der Waals surface area (Å²) >= 11 is 1.74. The molecule has 1 atom stereocenters. The van der Waals surface area contributed by atoms with Crippen molar-refractivity contribution < 1.29 is 4.74 Å². The minimum absolute atomic E-state index is 0.326. The highest BCUT2D eigenvalue weighted by molar-refractivity contribution is 7.09. The Morgan fingerprint density at radius 1 is 1.24 bits per heavy atom. The quantitative estimate of drug-likeness (QED) is 0.486. The highest BCUT2D eigenvalue weighted by Gasteiger charge is 2.23. The molecule has 29 heavy (non-hydrogen) atoms. The Kier molecular flexibility index (Phi) is 8.31. The number of ether oxygens (including phenoxy) is 1. The molecule has 0 spiro atoms. The average Bonchev–Trinajstić information content (AvgIpc) is 3.45. The van der Waals surface area contributed by atoms with Crippen molar-refractivity contribution in [1.29, 1.82) is 0 Å². The molecule has 2 N–H and O–H groups in total. The van der Waals surface area contributed by atoms with Crippen molar-refractivity contribution >= 4 is 17.3 Å². The van der Waals surface area contributed by atoms with Crippen LogP contribution in [0.2, 0.25) is 0 Å². The van der Waals surface area contributed by atoms with E-state index in [9.17, 15) is 0 Å². The zero-order valence-corrected chi connectivity index (χ0v) is 18.6. The number of aromatic nitrogens is 1. The summed E-state index contributed by atoms with van der Waals surface area (Å²) in [6.07, 6.45) is 4.45. The molecule has 1 aliphatic rings. The molecule has 2 heterocycles. The molecule has 1 fully saturated rings. The molecule has 0 amide bonds. The van der Waals surface area contributed by atoms with E-state index in [1.807, 2.05) is 19.2 Å². The molecular formula is C22H33N5OS. The minimum Gasteiger partial charge on any atom is -0.497 e. The maximum atomic E-state index is 5.32. The van der Waals surface area contributed by atoms with Crippen molar-refractivity contribution in [3.8, 4) is 5.75 Å². The number of likely N-dealkylation sites (tertiary alicyclic amines) is 1. The van der Waals surface area contributed by atoms with Gasteiger partial charge >= 0.3 is 0 Å². The lowest BCUT2D eigenvalue weighted by Gasteiger charge is -2.29. The predicted octanol–water partition coefficient (Wildman–Crippen LogP) is 3.26.